The standard InChI is InChI=1S/C30H20N4P2S4/c1-5-13-23-19(9-1)31-27(37-23)35(28-32-20-10-2-6-14-24(20)38-28)17-18-36(29-33-21-11-3-7-15-25(21)39-29)30-34-22-12-4-8-16-26(22)40-30/h1-16H,17-18H2. The van der Waals surface area contributed by atoms with Crippen molar-refractivity contribution >= 4 is 121 Å². The maximum absolute atomic E-state index is 5.15. The molecule has 8 rings (SSSR count). The monoisotopic (exact) mass is 626 g/mol. The number of hydrogen-bond acceptors (Lipinski definition) is 8. The predicted octanol–water partition coefficient (Wildman–Crippen LogP) is 7.69. The molecule has 0 aliphatic carbocycles. The summed E-state index contributed by atoms with van der Waals surface area (Å²) in [6.07, 6.45) is 2.01. The van der Waals surface area contributed by atoms with Crippen molar-refractivity contribution in [2.45, 2.75) is 0 Å². The summed E-state index contributed by atoms with van der Waals surface area (Å²) in [6, 6.07) is 33.9. The zero-order valence-electron chi connectivity index (χ0n) is 21.0. The third kappa shape index (κ3) is 4.67. The fraction of sp³-hybridized carbons (Fsp3) is 0.0667. The maximum atomic E-state index is 5.15. The van der Waals surface area contributed by atoms with Crippen LogP contribution in [0.25, 0.3) is 40.9 Å². The van der Waals surface area contributed by atoms with Gasteiger partial charge in [0.15, 0.2) is 0 Å². The van der Waals surface area contributed by atoms with Crippen molar-refractivity contribution in [2.24, 2.45) is 0 Å². The summed E-state index contributed by atoms with van der Waals surface area (Å²) >= 11 is 7.31. The van der Waals surface area contributed by atoms with Crippen molar-refractivity contribution in [1.29, 1.82) is 0 Å². The van der Waals surface area contributed by atoms with Gasteiger partial charge in [0.2, 0.25) is 0 Å². The summed E-state index contributed by atoms with van der Waals surface area (Å²) in [7, 11) is -1.44. The molecule has 0 saturated heterocycles. The normalized spacial score (nSPS) is 12.2. The van der Waals surface area contributed by atoms with Gasteiger partial charge in [-0.15, -0.1) is 45.3 Å². The molecule has 40 heavy (non-hydrogen) atoms. The van der Waals surface area contributed by atoms with E-state index in [1.54, 1.807) is 0 Å². The van der Waals surface area contributed by atoms with E-state index in [0.29, 0.717) is 0 Å². The fourth-order valence-electron chi connectivity index (χ4n) is 4.65. The molecule has 194 valence electrons. The quantitative estimate of drug-likeness (QED) is 0.170. The third-order valence-electron chi connectivity index (χ3n) is 6.60. The Balaban J connectivity index is 1.22. The van der Waals surface area contributed by atoms with Crippen molar-refractivity contribution in [1.82, 2.24) is 19.9 Å². The van der Waals surface area contributed by atoms with Crippen molar-refractivity contribution in [2.75, 3.05) is 12.3 Å². The first kappa shape index (κ1) is 25.0. The van der Waals surface area contributed by atoms with Crippen molar-refractivity contribution < 1.29 is 0 Å². The minimum absolute atomic E-state index is 0.720. The van der Waals surface area contributed by atoms with Gasteiger partial charge in [0.05, 0.1) is 40.9 Å². The van der Waals surface area contributed by atoms with Gasteiger partial charge in [-0.2, -0.15) is 0 Å². The van der Waals surface area contributed by atoms with Crippen LogP contribution >= 0.6 is 61.2 Å². The van der Waals surface area contributed by atoms with Crippen LogP contribution in [0, 0.1) is 0 Å². The molecule has 0 N–H and O–H groups in total. The molecule has 0 bridgehead atoms. The summed E-state index contributed by atoms with van der Waals surface area (Å²) in [5.74, 6) is 0. The summed E-state index contributed by atoms with van der Waals surface area (Å²) in [4.78, 5) is 20.6. The topological polar surface area (TPSA) is 51.6 Å². The molecular weight excluding hydrogens is 607 g/mol. The smallest absolute Gasteiger partial charge is 0.123 e. The minimum Gasteiger partial charge on any atom is -0.236 e. The number of rotatable bonds is 7. The third-order valence-corrected chi connectivity index (χ3v) is 17.6. The number of benzene rings is 4. The Morgan fingerprint density at radius 2 is 0.625 bits per heavy atom. The van der Waals surface area contributed by atoms with Gasteiger partial charge >= 0.3 is 0 Å². The zero-order chi connectivity index (χ0) is 26.5. The van der Waals surface area contributed by atoms with Crippen LogP contribution in [0.15, 0.2) is 97.1 Å². The van der Waals surface area contributed by atoms with E-state index in [9.17, 15) is 0 Å². The van der Waals surface area contributed by atoms with Crippen molar-refractivity contribution in [3.63, 3.8) is 0 Å². The lowest BCUT2D eigenvalue weighted by molar-refractivity contribution is 1.46. The summed E-state index contributed by atoms with van der Waals surface area (Å²) < 4.78 is 9.79. The van der Waals surface area contributed by atoms with E-state index in [4.69, 9.17) is 19.9 Å². The molecule has 8 aromatic rings. The molecule has 0 fully saturated rings. The van der Waals surface area contributed by atoms with E-state index in [2.05, 4.69) is 97.1 Å². The van der Waals surface area contributed by atoms with E-state index in [1.807, 2.05) is 45.3 Å². The highest BCUT2D eigenvalue weighted by Gasteiger charge is 2.28. The molecule has 0 saturated carbocycles. The molecule has 0 radical (unpaired) electrons. The lowest BCUT2D eigenvalue weighted by Crippen LogP contribution is -2.19. The van der Waals surface area contributed by atoms with Crippen LogP contribution in [0.5, 0.6) is 0 Å². The molecule has 4 aromatic carbocycles. The van der Waals surface area contributed by atoms with Crippen LogP contribution < -0.4 is 19.0 Å². The van der Waals surface area contributed by atoms with E-state index >= 15 is 0 Å². The van der Waals surface area contributed by atoms with E-state index in [0.717, 1.165) is 34.4 Å². The van der Waals surface area contributed by atoms with E-state index in [1.165, 1.54) is 37.8 Å². The van der Waals surface area contributed by atoms with Crippen LogP contribution in [0.4, 0.5) is 0 Å². The molecule has 0 aliphatic rings. The second-order valence-electron chi connectivity index (χ2n) is 9.16. The van der Waals surface area contributed by atoms with Gasteiger partial charge in [-0.1, -0.05) is 48.5 Å². The van der Waals surface area contributed by atoms with Gasteiger partial charge in [0.25, 0.3) is 0 Å². The Morgan fingerprint density at radius 1 is 0.375 bits per heavy atom. The largest absolute Gasteiger partial charge is 0.236 e. The molecular formula is C30H20N4P2S4. The van der Waals surface area contributed by atoms with E-state index < -0.39 is 15.8 Å². The molecule has 0 unspecified atom stereocenters. The zero-order valence-corrected chi connectivity index (χ0v) is 26.0. The summed E-state index contributed by atoms with van der Waals surface area (Å²) in [6.45, 7) is 0. The minimum atomic E-state index is -0.720. The first-order valence-electron chi connectivity index (χ1n) is 12.8. The maximum Gasteiger partial charge on any atom is 0.123 e. The molecule has 0 amide bonds. The highest BCUT2D eigenvalue weighted by molar-refractivity contribution is 7.85. The highest BCUT2D eigenvalue weighted by atomic mass is 32.1. The molecule has 4 nitrogen and oxygen atoms in total. The molecule has 10 heteroatoms. The Bertz CT molecular complexity index is 1700. The van der Waals surface area contributed by atoms with Crippen LogP contribution in [0.3, 0.4) is 0 Å². The van der Waals surface area contributed by atoms with Gasteiger partial charge in [0, 0.05) is 15.8 Å². The lowest BCUT2D eigenvalue weighted by atomic mass is 10.3. The number of thiazole rings is 4. The predicted molar refractivity (Wildman–Crippen MR) is 181 cm³/mol. The Hall–Kier alpha value is -2.70. The fourth-order valence-corrected chi connectivity index (χ4v) is 16.5. The summed E-state index contributed by atoms with van der Waals surface area (Å²) in [5.41, 5.74) is 4.32. The second kappa shape index (κ2) is 10.6. The van der Waals surface area contributed by atoms with Gasteiger partial charge in [-0.3, -0.25) is 0 Å². The van der Waals surface area contributed by atoms with Crippen LogP contribution in [-0.4, -0.2) is 32.3 Å². The Morgan fingerprint density at radius 3 is 0.875 bits per heavy atom. The number of hydrogen-bond donors (Lipinski definition) is 0. The van der Waals surface area contributed by atoms with Crippen molar-refractivity contribution in [3.8, 4) is 0 Å². The lowest BCUT2D eigenvalue weighted by Gasteiger charge is -2.16. The Kier molecular flexibility index (Phi) is 6.64. The highest BCUT2D eigenvalue weighted by Crippen LogP contribution is 2.45. The van der Waals surface area contributed by atoms with Gasteiger partial charge in [-0.25, -0.2) is 19.9 Å². The number of fused-ring (bicyclic) bond motifs is 4. The first-order chi connectivity index (χ1) is 19.8. The molecule has 0 aliphatic heterocycles. The number of para-hydroxylation sites is 4. The van der Waals surface area contributed by atoms with Crippen LogP contribution in [-0.2, 0) is 0 Å². The molecule has 4 heterocycles. The van der Waals surface area contributed by atoms with E-state index in [-0.39, 0.29) is 0 Å². The number of nitrogens with zero attached hydrogens (tertiary/aromatic N) is 4. The van der Waals surface area contributed by atoms with Gasteiger partial charge < -0.3 is 0 Å². The van der Waals surface area contributed by atoms with Gasteiger partial charge in [-0.05, 0) is 60.9 Å². The second-order valence-corrected chi connectivity index (χ2v) is 18.8. The molecule has 4 aromatic heterocycles. The average Bonchev–Trinajstić information content (AvgIpc) is 3.78. The van der Waals surface area contributed by atoms with Crippen molar-refractivity contribution in [3.05, 3.63) is 97.1 Å². The average molecular weight is 627 g/mol. The van der Waals surface area contributed by atoms with Crippen LogP contribution in [0.2, 0.25) is 0 Å². The molecule has 0 spiro atoms. The summed E-state index contributed by atoms with van der Waals surface area (Å²) in [5, 5.41) is 0. The van der Waals surface area contributed by atoms with Gasteiger partial charge in [0.1, 0.15) is 19.0 Å². The SMILES string of the molecule is c1ccc2sc(P(CCP(c3nc4ccccc4s3)c3nc4ccccc4s3)c3nc4ccccc4s3)nc2c1. The first-order valence-corrected chi connectivity index (χ1v) is 19.1. The number of aromatic nitrogens is 4. The Labute approximate surface area is 248 Å². The molecule has 0 atom stereocenters. The van der Waals surface area contributed by atoms with Crippen LogP contribution in [0.1, 0.15) is 0 Å².